The smallest absolute Gasteiger partial charge is 0.313 e. The van der Waals surface area contributed by atoms with E-state index in [1.54, 1.807) is 19.3 Å². The average molecular weight is 449 g/mol. The molecule has 9 heteroatoms. The van der Waals surface area contributed by atoms with Crippen LogP contribution in [0.25, 0.3) is 22.9 Å². The van der Waals surface area contributed by atoms with Crippen molar-refractivity contribution in [2.45, 2.75) is 11.8 Å². The molecule has 4 rings (SSSR count). The van der Waals surface area contributed by atoms with Gasteiger partial charge in [-0.25, -0.2) is 0 Å². The molecule has 2 aromatic carbocycles. The molecule has 2 N–H and O–H groups in total. The molecule has 4 aromatic rings. The molecule has 0 amide bonds. The Hall–Kier alpha value is -3.85. The van der Waals surface area contributed by atoms with Crippen molar-refractivity contribution in [1.29, 1.82) is 0 Å². The second-order valence-corrected chi connectivity index (χ2v) is 7.70. The molecule has 32 heavy (non-hydrogen) atoms. The van der Waals surface area contributed by atoms with Gasteiger partial charge in [0.05, 0.1) is 5.75 Å². The molecule has 0 aliphatic carbocycles. The number of carboxylic acid groups (broad SMARTS) is 1. The van der Waals surface area contributed by atoms with Crippen LogP contribution in [0, 0.1) is 0 Å². The van der Waals surface area contributed by atoms with E-state index in [0.717, 1.165) is 34.2 Å². The molecule has 0 aliphatic rings. The van der Waals surface area contributed by atoms with E-state index in [9.17, 15) is 4.79 Å². The quantitative estimate of drug-likeness (QED) is 0.285. The van der Waals surface area contributed by atoms with E-state index in [0.29, 0.717) is 29.1 Å². The minimum absolute atomic E-state index is 0.107. The van der Waals surface area contributed by atoms with Crippen LogP contribution in [0.3, 0.4) is 0 Å². The van der Waals surface area contributed by atoms with E-state index in [4.69, 9.17) is 14.3 Å². The minimum Gasteiger partial charge on any atom is -0.489 e. The standard InChI is InChI=1S/C23H20N4O4S/c1-24-12-15-5-7-16(8-6-15)13-30-18-4-2-3-17(11-18)19-9-10-20(31-19)22-25-23(27-26-22)32-14-21(28)29/h2-12H,13-14H2,1H3,(H,28,29)(H,25,26,27). The monoisotopic (exact) mass is 448 g/mol. The summed E-state index contributed by atoms with van der Waals surface area (Å²) in [7, 11) is 1.75. The third kappa shape index (κ3) is 5.44. The minimum atomic E-state index is -0.924. The second kappa shape index (κ2) is 9.97. The first kappa shape index (κ1) is 21.4. The number of aromatic nitrogens is 3. The molecular weight excluding hydrogens is 428 g/mol. The Kier molecular flexibility index (Phi) is 6.66. The topological polar surface area (TPSA) is 114 Å². The van der Waals surface area contributed by atoms with Crippen molar-refractivity contribution >= 4 is 23.9 Å². The number of ether oxygens (including phenoxy) is 1. The van der Waals surface area contributed by atoms with Gasteiger partial charge in [-0.15, -0.1) is 5.10 Å². The highest BCUT2D eigenvalue weighted by molar-refractivity contribution is 7.99. The SMILES string of the molecule is CN=Cc1ccc(COc2cccc(-c3ccc(-c4nc(SCC(=O)O)n[nH]4)o3)c2)cc1. The number of nitrogens with one attached hydrogen (secondary N) is 1. The van der Waals surface area contributed by atoms with Gasteiger partial charge in [0.15, 0.2) is 11.6 Å². The number of furan rings is 1. The lowest BCUT2D eigenvalue weighted by Gasteiger charge is -2.08. The highest BCUT2D eigenvalue weighted by Gasteiger charge is 2.13. The summed E-state index contributed by atoms with van der Waals surface area (Å²) in [6.07, 6.45) is 1.81. The van der Waals surface area contributed by atoms with Gasteiger partial charge in [0, 0.05) is 18.8 Å². The number of nitrogens with zero attached hydrogens (tertiary/aromatic N) is 3. The third-order valence-electron chi connectivity index (χ3n) is 4.41. The molecule has 0 fully saturated rings. The predicted octanol–water partition coefficient (Wildman–Crippen LogP) is 4.54. The molecule has 8 nitrogen and oxygen atoms in total. The Bertz CT molecular complexity index is 1230. The van der Waals surface area contributed by atoms with Gasteiger partial charge in [0.2, 0.25) is 5.16 Å². The van der Waals surface area contributed by atoms with Crippen LogP contribution in [-0.2, 0) is 11.4 Å². The summed E-state index contributed by atoms with van der Waals surface area (Å²) >= 11 is 1.04. The van der Waals surface area contributed by atoms with Gasteiger partial charge in [0.25, 0.3) is 0 Å². The molecule has 2 heterocycles. The predicted molar refractivity (Wildman–Crippen MR) is 122 cm³/mol. The van der Waals surface area contributed by atoms with Gasteiger partial charge in [-0.2, -0.15) is 4.98 Å². The zero-order chi connectivity index (χ0) is 22.3. The fourth-order valence-corrected chi connectivity index (χ4v) is 3.44. The van der Waals surface area contributed by atoms with Crippen molar-refractivity contribution in [3.63, 3.8) is 0 Å². The molecular formula is C23H20N4O4S. The molecule has 0 aliphatic heterocycles. The first-order valence-corrected chi connectivity index (χ1v) is 10.7. The van der Waals surface area contributed by atoms with E-state index in [1.165, 1.54) is 0 Å². The van der Waals surface area contributed by atoms with Gasteiger partial charge >= 0.3 is 5.97 Å². The summed E-state index contributed by atoms with van der Waals surface area (Å²) in [6, 6.07) is 19.3. The number of benzene rings is 2. The van der Waals surface area contributed by atoms with Crippen LogP contribution in [0.4, 0.5) is 0 Å². The molecule has 0 bridgehead atoms. The largest absolute Gasteiger partial charge is 0.489 e. The Morgan fingerprint density at radius 2 is 2.00 bits per heavy atom. The van der Waals surface area contributed by atoms with Gasteiger partial charge in [-0.3, -0.25) is 14.9 Å². The maximum Gasteiger partial charge on any atom is 0.313 e. The van der Waals surface area contributed by atoms with E-state index in [1.807, 2.05) is 54.6 Å². The van der Waals surface area contributed by atoms with Crippen LogP contribution in [-0.4, -0.2) is 45.3 Å². The lowest BCUT2D eigenvalue weighted by Crippen LogP contribution is -1.97. The fourth-order valence-electron chi connectivity index (χ4n) is 2.92. The highest BCUT2D eigenvalue weighted by atomic mass is 32.2. The summed E-state index contributed by atoms with van der Waals surface area (Å²) in [4.78, 5) is 19.0. The number of thioether (sulfide) groups is 1. The summed E-state index contributed by atoms with van der Waals surface area (Å²) in [5.74, 6) is 1.30. The molecule has 0 saturated carbocycles. The summed E-state index contributed by atoms with van der Waals surface area (Å²) in [6.45, 7) is 0.450. The van der Waals surface area contributed by atoms with Crippen LogP contribution in [0.5, 0.6) is 5.75 Å². The number of aromatic amines is 1. The molecule has 0 atom stereocenters. The van der Waals surface area contributed by atoms with Crippen LogP contribution >= 0.6 is 11.8 Å². The number of rotatable bonds is 9. The van der Waals surface area contributed by atoms with Crippen molar-refractivity contribution in [2.75, 3.05) is 12.8 Å². The van der Waals surface area contributed by atoms with Gasteiger partial charge in [0.1, 0.15) is 18.1 Å². The fraction of sp³-hybridized carbons (Fsp3) is 0.130. The molecule has 162 valence electrons. The number of hydrogen-bond acceptors (Lipinski definition) is 7. The number of carbonyl (C=O) groups is 1. The van der Waals surface area contributed by atoms with Crippen LogP contribution in [0.1, 0.15) is 11.1 Å². The number of hydrogen-bond donors (Lipinski definition) is 2. The van der Waals surface area contributed by atoms with Crippen LogP contribution in [0.15, 0.2) is 75.2 Å². The first-order chi connectivity index (χ1) is 15.6. The summed E-state index contributed by atoms with van der Waals surface area (Å²) < 4.78 is 11.9. The van der Waals surface area contributed by atoms with Gasteiger partial charge in [-0.05, 0) is 35.4 Å². The second-order valence-electron chi connectivity index (χ2n) is 6.76. The van der Waals surface area contributed by atoms with Crippen molar-refractivity contribution in [1.82, 2.24) is 15.2 Å². The maximum atomic E-state index is 10.7. The zero-order valence-electron chi connectivity index (χ0n) is 17.2. The number of aliphatic carboxylic acids is 1. The Morgan fingerprint density at radius 3 is 2.78 bits per heavy atom. The summed E-state index contributed by atoms with van der Waals surface area (Å²) in [5.41, 5.74) is 2.97. The van der Waals surface area contributed by atoms with Crippen molar-refractivity contribution < 1.29 is 19.1 Å². The summed E-state index contributed by atoms with van der Waals surface area (Å²) in [5, 5.41) is 15.9. The lowest BCUT2D eigenvalue weighted by molar-refractivity contribution is -0.133. The third-order valence-corrected chi connectivity index (χ3v) is 5.24. The van der Waals surface area contributed by atoms with E-state index in [-0.39, 0.29) is 5.75 Å². The molecule has 0 spiro atoms. The zero-order valence-corrected chi connectivity index (χ0v) is 18.0. The van der Waals surface area contributed by atoms with E-state index in [2.05, 4.69) is 20.2 Å². The van der Waals surface area contributed by atoms with Crippen LogP contribution in [0.2, 0.25) is 0 Å². The van der Waals surface area contributed by atoms with E-state index >= 15 is 0 Å². The Labute approximate surface area is 188 Å². The normalized spacial score (nSPS) is 11.2. The number of aliphatic imine (C=N–C) groups is 1. The number of H-pyrrole nitrogens is 1. The Balaban J connectivity index is 1.42. The van der Waals surface area contributed by atoms with Gasteiger partial charge in [-0.1, -0.05) is 48.2 Å². The van der Waals surface area contributed by atoms with Crippen molar-refractivity contribution in [3.05, 3.63) is 71.8 Å². The number of carboxylic acids is 1. The van der Waals surface area contributed by atoms with Gasteiger partial charge < -0.3 is 14.3 Å². The average Bonchev–Trinajstić information content (AvgIpc) is 3.47. The molecule has 0 unspecified atom stereocenters. The first-order valence-electron chi connectivity index (χ1n) is 9.72. The Morgan fingerprint density at radius 1 is 1.19 bits per heavy atom. The highest BCUT2D eigenvalue weighted by Crippen LogP contribution is 2.30. The lowest BCUT2D eigenvalue weighted by atomic mass is 10.1. The molecule has 0 saturated heterocycles. The van der Waals surface area contributed by atoms with Crippen LogP contribution < -0.4 is 4.74 Å². The maximum absolute atomic E-state index is 10.7. The molecule has 0 radical (unpaired) electrons. The van der Waals surface area contributed by atoms with E-state index < -0.39 is 5.97 Å². The van der Waals surface area contributed by atoms with Crippen molar-refractivity contribution in [2.24, 2.45) is 4.99 Å². The molecule has 2 aromatic heterocycles. The van der Waals surface area contributed by atoms with Crippen molar-refractivity contribution in [3.8, 4) is 28.7 Å².